The van der Waals surface area contributed by atoms with E-state index in [0.717, 1.165) is 6.42 Å². The summed E-state index contributed by atoms with van der Waals surface area (Å²) in [6.07, 6.45) is 1.42. The van der Waals surface area contributed by atoms with Gasteiger partial charge in [0, 0.05) is 22.9 Å². The average molecular weight is 444 g/mol. The van der Waals surface area contributed by atoms with Crippen LogP contribution in [0.3, 0.4) is 0 Å². The van der Waals surface area contributed by atoms with Crippen molar-refractivity contribution in [1.82, 2.24) is 5.16 Å². The van der Waals surface area contributed by atoms with Crippen molar-refractivity contribution in [2.45, 2.75) is 59.8 Å². The van der Waals surface area contributed by atoms with Gasteiger partial charge in [-0.05, 0) is 60.8 Å². The Bertz CT molecular complexity index is 995. The van der Waals surface area contributed by atoms with Gasteiger partial charge in [-0.15, -0.1) is 0 Å². The van der Waals surface area contributed by atoms with E-state index in [4.69, 9.17) is 14.7 Å². The molecule has 2 aromatic rings. The second-order valence-electron chi connectivity index (χ2n) is 10.0. The second-order valence-corrected chi connectivity index (χ2v) is 10.0. The fourth-order valence-corrected chi connectivity index (χ4v) is 4.58. The monoisotopic (exact) mass is 443 g/mol. The topological polar surface area (TPSA) is 88.2 Å². The molecule has 174 valence electrons. The van der Waals surface area contributed by atoms with Crippen LogP contribution in [0.1, 0.15) is 69.3 Å². The Morgan fingerprint density at radius 2 is 2.09 bits per heavy atom. The Balaban J connectivity index is 1.96. The van der Waals surface area contributed by atoms with Crippen LogP contribution in [0.4, 0.5) is 10.1 Å². The van der Waals surface area contributed by atoms with Gasteiger partial charge in [0.1, 0.15) is 5.82 Å². The molecule has 6 nitrogen and oxygen atoms in total. The number of rotatable bonds is 7. The lowest BCUT2D eigenvalue weighted by Gasteiger charge is -2.38. The summed E-state index contributed by atoms with van der Waals surface area (Å²) in [6.45, 7) is 12.9. The standard InChI is InChI=1S/C25H34FN3O3/c1-7-17(22(27)24(4,5)6)12-25(14-31-13-15(25)2)19-11-18(8-9-20(19)26)28-23(30)21-10-16(3)29-32-21/h8-11,15,17,27H,7,12-14H2,1-6H3,(H,28,30). The Hall–Kier alpha value is -2.54. The minimum atomic E-state index is -0.578. The fraction of sp³-hybridized carbons (Fsp3) is 0.560. The van der Waals surface area contributed by atoms with Crippen LogP contribution < -0.4 is 5.32 Å². The van der Waals surface area contributed by atoms with Crippen molar-refractivity contribution in [3.63, 3.8) is 0 Å². The van der Waals surface area contributed by atoms with Gasteiger partial charge in [0.2, 0.25) is 5.76 Å². The lowest BCUT2D eigenvalue weighted by molar-refractivity contribution is 0.0988. The van der Waals surface area contributed by atoms with Crippen LogP contribution in [0.15, 0.2) is 28.8 Å². The third-order valence-corrected chi connectivity index (χ3v) is 6.60. The molecule has 2 heterocycles. The molecule has 0 aliphatic carbocycles. The van der Waals surface area contributed by atoms with Crippen LogP contribution >= 0.6 is 0 Å². The fourth-order valence-electron chi connectivity index (χ4n) is 4.58. The molecule has 0 saturated carbocycles. The number of aryl methyl sites for hydroxylation is 1. The smallest absolute Gasteiger partial charge is 0.294 e. The minimum Gasteiger partial charge on any atom is -0.380 e. The predicted octanol–water partition coefficient (Wildman–Crippen LogP) is 5.76. The first kappa shape index (κ1) is 24.1. The number of halogens is 1. The normalized spacial score (nSPS) is 22.0. The summed E-state index contributed by atoms with van der Waals surface area (Å²) in [5.74, 6) is -0.581. The van der Waals surface area contributed by atoms with Gasteiger partial charge in [0.15, 0.2) is 0 Å². The van der Waals surface area contributed by atoms with E-state index in [1.807, 2.05) is 20.8 Å². The molecule has 3 atom stereocenters. The number of aromatic nitrogens is 1. The number of ether oxygens (including phenoxy) is 1. The number of hydrogen-bond acceptors (Lipinski definition) is 5. The van der Waals surface area contributed by atoms with Gasteiger partial charge >= 0.3 is 0 Å². The van der Waals surface area contributed by atoms with Gasteiger partial charge in [0.25, 0.3) is 5.91 Å². The number of nitrogens with one attached hydrogen (secondary N) is 2. The number of nitrogens with zero attached hydrogens (tertiary/aromatic N) is 1. The molecule has 1 aliphatic heterocycles. The van der Waals surface area contributed by atoms with Gasteiger partial charge in [-0.25, -0.2) is 4.39 Å². The predicted molar refractivity (Wildman–Crippen MR) is 123 cm³/mol. The third-order valence-electron chi connectivity index (χ3n) is 6.60. The Morgan fingerprint density at radius 1 is 1.38 bits per heavy atom. The molecule has 3 unspecified atom stereocenters. The third kappa shape index (κ3) is 4.77. The summed E-state index contributed by atoms with van der Waals surface area (Å²) in [6, 6.07) is 6.19. The van der Waals surface area contributed by atoms with E-state index in [1.165, 1.54) is 6.07 Å². The highest BCUT2D eigenvalue weighted by Crippen LogP contribution is 2.46. The molecule has 2 N–H and O–H groups in total. The molecule has 1 saturated heterocycles. The molecule has 7 heteroatoms. The summed E-state index contributed by atoms with van der Waals surface area (Å²) in [5.41, 5.74) is 1.45. The number of amides is 1. The van der Waals surface area contributed by atoms with E-state index in [2.05, 4.69) is 24.3 Å². The van der Waals surface area contributed by atoms with E-state index in [-0.39, 0.29) is 28.8 Å². The van der Waals surface area contributed by atoms with Gasteiger partial charge in [-0.2, -0.15) is 0 Å². The average Bonchev–Trinajstić information content (AvgIpc) is 3.32. The van der Waals surface area contributed by atoms with E-state index in [9.17, 15) is 4.79 Å². The second kappa shape index (κ2) is 9.14. The zero-order chi connectivity index (χ0) is 23.7. The molecule has 1 fully saturated rings. The quantitative estimate of drug-likeness (QED) is 0.533. The van der Waals surface area contributed by atoms with Crippen LogP contribution in [-0.4, -0.2) is 30.0 Å². The van der Waals surface area contributed by atoms with Gasteiger partial charge in [0.05, 0.1) is 18.9 Å². The van der Waals surface area contributed by atoms with Crippen molar-refractivity contribution in [3.8, 4) is 0 Å². The van der Waals surface area contributed by atoms with Crippen molar-refractivity contribution < 1.29 is 18.4 Å². The SMILES string of the molecule is CCC(CC1(c2cc(NC(=O)c3cc(C)no3)ccc2F)COCC1C)C(=N)C(C)(C)C. The lowest BCUT2D eigenvalue weighted by Crippen LogP contribution is -2.40. The molecule has 0 bridgehead atoms. The Morgan fingerprint density at radius 3 is 2.62 bits per heavy atom. The van der Waals surface area contributed by atoms with Crippen LogP contribution in [0.25, 0.3) is 0 Å². The number of carbonyl (C=O) groups excluding carboxylic acids is 1. The maximum Gasteiger partial charge on any atom is 0.294 e. The maximum absolute atomic E-state index is 15.2. The van der Waals surface area contributed by atoms with Crippen LogP contribution in [0.2, 0.25) is 0 Å². The first-order valence-electron chi connectivity index (χ1n) is 11.2. The maximum atomic E-state index is 15.2. The number of hydrogen-bond donors (Lipinski definition) is 2. The zero-order valence-corrected chi connectivity index (χ0v) is 19.8. The van der Waals surface area contributed by atoms with Crippen molar-refractivity contribution >= 4 is 17.3 Å². The number of benzene rings is 1. The first-order chi connectivity index (χ1) is 15.0. The van der Waals surface area contributed by atoms with Gasteiger partial charge in [-0.1, -0.05) is 39.8 Å². The largest absolute Gasteiger partial charge is 0.380 e. The van der Waals surface area contributed by atoms with Crippen LogP contribution in [0.5, 0.6) is 0 Å². The van der Waals surface area contributed by atoms with Gasteiger partial charge < -0.3 is 20.0 Å². The highest BCUT2D eigenvalue weighted by molar-refractivity contribution is 6.02. The Labute approximate surface area is 189 Å². The van der Waals surface area contributed by atoms with E-state index in [0.29, 0.717) is 42.3 Å². The highest BCUT2D eigenvalue weighted by atomic mass is 19.1. The van der Waals surface area contributed by atoms with E-state index >= 15 is 4.39 Å². The van der Waals surface area contributed by atoms with Crippen molar-refractivity contribution in [1.29, 1.82) is 5.41 Å². The van der Waals surface area contributed by atoms with Crippen LogP contribution in [0, 0.1) is 35.4 Å². The van der Waals surface area contributed by atoms with E-state index in [1.54, 1.807) is 25.1 Å². The zero-order valence-electron chi connectivity index (χ0n) is 19.8. The molecule has 1 aromatic heterocycles. The molecule has 1 aromatic carbocycles. The molecule has 0 radical (unpaired) electrons. The van der Waals surface area contributed by atoms with Gasteiger partial charge in [-0.3, -0.25) is 4.79 Å². The molecule has 0 spiro atoms. The summed E-state index contributed by atoms with van der Waals surface area (Å²) in [5, 5.41) is 15.3. The lowest BCUT2D eigenvalue weighted by atomic mass is 9.65. The summed E-state index contributed by atoms with van der Waals surface area (Å²) in [7, 11) is 0. The van der Waals surface area contributed by atoms with Crippen molar-refractivity contribution in [2.24, 2.45) is 17.3 Å². The molecular formula is C25H34FN3O3. The molecular weight excluding hydrogens is 409 g/mol. The molecule has 3 rings (SSSR count). The highest BCUT2D eigenvalue weighted by Gasteiger charge is 2.47. The number of carbonyl (C=O) groups is 1. The van der Waals surface area contributed by atoms with Crippen molar-refractivity contribution in [2.75, 3.05) is 18.5 Å². The first-order valence-corrected chi connectivity index (χ1v) is 11.2. The molecule has 32 heavy (non-hydrogen) atoms. The summed E-state index contributed by atoms with van der Waals surface area (Å²) in [4.78, 5) is 12.5. The van der Waals surface area contributed by atoms with E-state index < -0.39 is 11.3 Å². The van der Waals surface area contributed by atoms with Crippen molar-refractivity contribution in [3.05, 3.63) is 47.1 Å². The minimum absolute atomic E-state index is 0.00830. The Kier molecular flexibility index (Phi) is 6.89. The molecule has 1 amide bonds. The molecule has 1 aliphatic rings. The van der Waals surface area contributed by atoms with Crippen LogP contribution in [-0.2, 0) is 10.2 Å². The summed E-state index contributed by atoms with van der Waals surface area (Å²) < 4.78 is 26.1. The number of anilines is 1. The summed E-state index contributed by atoms with van der Waals surface area (Å²) >= 11 is 0.